The van der Waals surface area contributed by atoms with Gasteiger partial charge in [0.15, 0.2) is 0 Å². The van der Waals surface area contributed by atoms with Crippen molar-refractivity contribution in [2.24, 2.45) is 7.05 Å². The summed E-state index contributed by atoms with van der Waals surface area (Å²) in [5.74, 6) is 0.576. The van der Waals surface area contributed by atoms with Gasteiger partial charge in [0, 0.05) is 49.2 Å². The lowest BCUT2D eigenvalue weighted by Crippen LogP contribution is -2.45. The van der Waals surface area contributed by atoms with E-state index in [1.54, 1.807) is 18.7 Å². The van der Waals surface area contributed by atoms with Gasteiger partial charge in [0.05, 0.1) is 18.2 Å². The minimum absolute atomic E-state index is 0.204. The molecular formula is C25H28N2O4. The molecule has 4 rings (SSSR count). The summed E-state index contributed by atoms with van der Waals surface area (Å²) in [7, 11) is 3.39. The maximum atomic E-state index is 13.2. The molecule has 1 saturated heterocycles. The van der Waals surface area contributed by atoms with Gasteiger partial charge in [0.1, 0.15) is 5.75 Å². The monoisotopic (exact) mass is 420 g/mol. The van der Waals surface area contributed by atoms with E-state index in [0.29, 0.717) is 25.3 Å². The first-order valence-corrected chi connectivity index (χ1v) is 10.5. The first kappa shape index (κ1) is 21.1. The number of aryl methyl sites for hydroxylation is 2. The molecule has 1 aromatic heterocycles. The third-order valence-corrected chi connectivity index (χ3v) is 6.36. The SMILES string of the molecule is COc1ccc(C)cc1C1(CNC(=O)c2cc(=O)n(C)c3ccccc23)CCOCC1. The molecule has 2 aromatic carbocycles. The summed E-state index contributed by atoms with van der Waals surface area (Å²) >= 11 is 0. The van der Waals surface area contributed by atoms with E-state index in [2.05, 4.69) is 18.3 Å². The highest BCUT2D eigenvalue weighted by Crippen LogP contribution is 2.40. The number of nitrogens with one attached hydrogen (secondary N) is 1. The van der Waals surface area contributed by atoms with Crippen LogP contribution in [0.15, 0.2) is 53.3 Å². The van der Waals surface area contributed by atoms with E-state index in [4.69, 9.17) is 9.47 Å². The van der Waals surface area contributed by atoms with Crippen molar-refractivity contribution >= 4 is 16.8 Å². The number of carbonyl (C=O) groups is 1. The number of nitrogens with zero attached hydrogens (tertiary/aromatic N) is 1. The van der Waals surface area contributed by atoms with E-state index < -0.39 is 0 Å². The predicted molar refractivity (Wildman–Crippen MR) is 121 cm³/mol. The second-order valence-corrected chi connectivity index (χ2v) is 8.25. The molecule has 0 radical (unpaired) electrons. The summed E-state index contributed by atoms with van der Waals surface area (Å²) in [6, 6.07) is 15.0. The standard InChI is InChI=1S/C25H28N2O4/c1-17-8-9-22(30-3)20(14-17)25(10-12-31-13-11-25)16-26-24(29)19-15-23(28)27(2)21-7-5-4-6-18(19)21/h4-9,14-15H,10-13,16H2,1-3H3,(H,26,29). The van der Waals surface area contributed by atoms with Crippen LogP contribution in [0, 0.1) is 6.92 Å². The molecule has 2 heterocycles. The number of carbonyl (C=O) groups excluding carboxylic acids is 1. The number of hydrogen-bond donors (Lipinski definition) is 1. The number of para-hydroxylation sites is 1. The summed E-state index contributed by atoms with van der Waals surface area (Å²) in [5, 5.41) is 3.88. The lowest BCUT2D eigenvalue weighted by Gasteiger charge is -2.39. The minimum atomic E-state index is -0.291. The Kier molecular flexibility index (Phi) is 5.83. The van der Waals surface area contributed by atoms with Crippen molar-refractivity contribution in [3.63, 3.8) is 0 Å². The quantitative estimate of drug-likeness (QED) is 0.687. The molecule has 1 N–H and O–H groups in total. The first-order valence-electron chi connectivity index (χ1n) is 10.5. The third-order valence-electron chi connectivity index (χ3n) is 6.36. The number of amides is 1. The second kappa shape index (κ2) is 8.55. The van der Waals surface area contributed by atoms with E-state index in [1.807, 2.05) is 36.4 Å². The summed E-state index contributed by atoms with van der Waals surface area (Å²) in [5.41, 5.74) is 2.88. The van der Waals surface area contributed by atoms with Gasteiger partial charge in [-0.25, -0.2) is 0 Å². The number of rotatable bonds is 5. The molecule has 162 valence electrons. The molecule has 0 spiro atoms. The molecule has 6 nitrogen and oxygen atoms in total. The Morgan fingerprint density at radius 1 is 1.16 bits per heavy atom. The van der Waals surface area contributed by atoms with Gasteiger partial charge in [-0.15, -0.1) is 0 Å². The molecule has 0 aliphatic carbocycles. The van der Waals surface area contributed by atoms with E-state index >= 15 is 0 Å². The molecule has 3 aromatic rings. The van der Waals surface area contributed by atoms with Crippen molar-refractivity contribution in [3.05, 3.63) is 75.6 Å². The van der Waals surface area contributed by atoms with Gasteiger partial charge < -0.3 is 19.4 Å². The zero-order chi connectivity index (χ0) is 22.0. The Morgan fingerprint density at radius 2 is 1.90 bits per heavy atom. The average molecular weight is 421 g/mol. The van der Waals surface area contributed by atoms with Gasteiger partial charge in [-0.1, -0.05) is 35.9 Å². The van der Waals surface area contributed by atoms with Gasteiger partial charge in [-0.3, -0.25) is 9.59 Å². The maximum absolute atomic E-state index is 13.2. The van der Waals surface area contributed by atoms with Crippen LogP contribution in [0.25, 0.3) is 10.9 Å². The highest BCUT2D eigenvalue weighted by Gasteiger charge is 2.37. The second-order valence-electron chi connectivity index (χ2n) is 8.25. The summed E-state index contributed by atoms with van der Waals surface area (Å²) in [6.45, 7) is 3.75. The Morgan fingerprint density at radius 3 is 2.65 bits per heavy atom. The van der Waals surface area contributed by atoms with Crippen LogP contribution in [0.1, 0.15) is 34.3 Å². The molecule has 1 aliphatic rings. The number of methoxy groups -OCH3 is 1. The van der Waals surface area contributed by atoms with Crippen molar-refractivity contribution in [2.45, 2.75) is 25.2 Å². The zero-order valence-electron chi connectivity index (χ0n) is 18.2. The fraction of sp³-hybridized carbons (Fsp3) is 0.360. The fourth-order valence-corrected chi connectivity index (χ4v) is 4.48. The van der Waals surface area contributed by atoms with Gasteiger partial charge in [-0.2, -0.15) is 0 Å². The summed E-state index contributed by atoms with van der Waals surface area (Å²) in [6.07, 6.45) is 1.56. The molecule has 1 amide bonds. The van der Waals surface area contributed by atoms with Crippen LogP contribution in [0.4, 0.5) is 0 Å². The van der Waals surface area contributed by atoms with Gasteiger partial charge in [-0.05, 0) is 31.9 Å². The first-order chi connectivity index (χ1) is 14.9. The lowest BCUT2D eigenvalue weighted by molar-refractivity contribution is 0.0479. The van der Waals surface area contributed by atoms with E-state index in [-0.39, 0.29) is 16.9 Å². The number of fused-ring (bicyclic) bond motifs is 1. The van der Waals surface area contributed by atoms with E-state index in [1.165, 1.54) is 6.07 Å². The molecule has 0 bridgehead atoms. The Hall–Kier alpha value is -3.12. The Balaban J connectivity index is 1.69. The number of ether oxygens (including phenoxy) is 2. The topological polar surface area (TPSA) is 69.6 Å². The number of benzene rings is 2. The minimum Gasteiger partial charge on any atom is -0.496 e. The predicted octanol–water partition coefficient (Wildman–Crippen LogP) is 3.33. The maximum Gasteiger partial charge on any atom is 0.252 e. The van der Waals surface area contributed by atoms with E-state index in [0.717, 1.165) is 40.6 Å². The Labute approximate surface area is 181 Å². The molecule has 6 heteroatoms. The van der Waals surface area contributed by atoms with Crippen molar-refractivity contribution in [2.75, 3.05) is 26.9 Å². The van der Waals surface area contributed by atoms with Gasteiger partial charge in [0.25, 0.3) is 11.5 Å². The van der Waals surface area contributed by atoms with Crippen LogP contribution in [0.2, 0.25) is 0 Å². The zero-order valence-corrected chi connectivity index (χ0v) is 18.2. The molecule has 1 fully saturated rings. The largest absolute Gasteiger partial charge is 0.496 e. The lowest BCUT2D eigenvalue weighted by atomic mass is 9.73. The smallest absolute Gasteiger partial charge is 0.252 e. The van der Waals surface area contributed by atoms with Crippen molar-refractivity contribution < 1.29 is 14.3 Å². The highest BCUT2D eigenvalue weighted by atomic mass is 16.5. The van der Waals surface area contributed by atoms with Crippen LogP contribution in [0.3, 0.4) is 0 Å². The van der Waals surface area contributed by atoms with E-state index in [9.17, 15) is 9.59 Å². The van der Waals surface area contributed by atoms with Crippen LogP contribution < -0.4 is 15.6 Å². The van der Waals surface area contributed by atoms with Crippen LogP contribution in [0.5, 0.6) is 5.75 Å². The Bertz CT molecular complexity index is 1180. The van der Waals surface area contributed by atoms with Crippen molar-refractivity contribution in [1.29, 1.82) is 0 Å². The molecule has 1 aliphatic heterocycles. The molecule has 0 saturated carbocycles. The van der Waals surface area contributed by atoms with Crippen LogP contribution in [-0.4, -0.2) is 37.3 Å². The van der Waals surface area contributed by atoms with Crippen LogP contribution >= 0.6 is 0 Å². The molecule has 31 heavy (non-hydrogen) atoms. The summed E-state index contributed by atoms with van der Waals surface area (Å²) < 4.78 is 12.8. The molecule has 0 unspecified atom stereocenters. The average Bonchev–Trinajstić information content (AvgIpc) is 2.80. The van der Waals surface area contributed by atoms with Crippen molar-refractivity contribution in [1.82, 2.24) is 9.88 Å². The molecule has 0 atom stereocenters. The van der Waals surface area contributed by atoms with Gasteiger partial charge in [0.2, 0.25) is 0 Å². The number of aromatic nitrogens is 1. The normalized spacial score (nSPS) is 15.6. The molecular weight excluding hydrogens is 392 g/mol. The van der Waals surface area contributed by atoms with Crippen LogP contribution in [-0.2, 0) is 17.2 Å². The number of pyridine rings is 1. The summed E-state index contributed by atoms with van der Waals surface area (Å²) in [4.78, 5) is 25.7. The van der Waals surface area contributed by atoms with Gasteiger partial charge >= 0.3 is 0 Å². The highest BCUT2D eigenvalue weighted by molar-refractivity contribution is 6.06. The number of hydrogen-bond acceptors (Lipinski definition) is 4. The fourth-order valence-electron chi connectivity index (χ4n) is 4.48. The van der Waals surface area contributed by atoms with Crippen molar-refractivity contribution in [3.8, 4) is 5.75 Å². The third kappa shape index (κ3) is 3.95.